The second kappa shape index (κ2) is 11.2. The van der Waals surface area contributed by atoms with Crippen molar-refractivity contribution in [2.45, 2.75) is 18.7 Å². The first-order valence-corrected chi connectivity index (χ1v) is 10.1. The minimum atomic E-state index is -0.241. The number of benzene rings is 2. The van der Waals surface area contributed by atoms with Gasteiger partial charge in [-0.2, -0.15) is 0 Å². The summed E-state index contributed by atoms with van der Waals surface area (Å²) in [7, 11) is 1.57. The molecule has 0 aromatic heterocycles. The third-order valence-electron chi connectivity index (χ3n) is 3.92. The number of methoxy groups -OCH3 is 1. The third-order valence-corrected chi connectivity index (χ3v) is 4.92. The maximum Gasteiger partial charge on any atom is 0.243 e. The minimum Gasteiger partial charge on any atom is -0.497 e. The van der Waals surface area contributed by atoms with Gasteiger partial charge in [-0.15, -0.1) is 11.8 Å². The number of ether oxygens (including phenoxy) is 2. The highest BCUT2D eigenvalue weighted by atomic mass is 32.2. The summed E-state index contributed by atoms with van der Waals surface area (Å²) >= 11 is 1.44. The number of likely N-dealkylation sites (N-methyl/N-ethyl adjacent to an activating group) is 1. The highest BCUT2D eigenvalue weighted by molar-refractivity contribution is 8.00. The number of hydrogen-bond acceptors (Lipinski definition) is 5. The SMILES string of the molecule is CCOc1ccc(SCC(=O)N(CC)CC(=O)Nc2cccc(OC)c2)cc1. The van der Waals surface area contributed by atoms with Crippen LogP contribution in [0.2, 0.25) is 0 Å². The minimum absolute atomic E-state index is 0.0103. The van der Waals surface area contributed by atoms with Crippen LogP contribution in [0.5, 0.6) is 11.5 Å². The number of nitrogens with one attached hydrogen (secondary N) is 1. The van der Waals surface area contributed by atoms with Crippen molar-refractivity contribution in [1.29, 1.82) is 0 Å². The number of carbonyl (C=O) groups excluding carboxylic acids is 2. The molecule has 0 saturated carbocycles. The van der Waals surface area contributed by atoms with Gasteiger partial charge in [-0.25, -0.2) is 0 Å². The molecule has 0 spiro atoms. The summed E-state index contributed by atoms with van der Waals surface area (Å²) in [5.74, 6) is 1.42. The van der Waals surface area contributed by atoms with Crippen LogP contribution in [-0.4, -0.2) is 49.3 Å². The Hall–Kier alpha value is -2.67. The normalized spacial score (nSPS) is 10.2. The second-order valence-electron chi connectivity index (χ2n) is 5.88. The van der Waals surface area contributed by atoms with E-state index in [2.05, 4.69) is 5.32 Å². The smallest absolute Gasteiger partial charge is 0.243 e. The number of hydrogen-bond donors (Lipinski definition) is 1. The molecular formula is C21H26N2O4S. The van der Waals surface area contributed by atoms with Crippen LogP contribution < -0.4 is 14.8 Å². The summed E-state index contributed by atoms with van der Waals surface area (Å²) in [4.78, 5) is 27.3. The number of anilines is 1. The van der Waals surface area contributed by atoms with Crippen LogP contribution >= 0.6 is 11.8 Å². The lowest BCUT2D eigenvalue weighted by Crippen LogP contribution is -2.38. The van der Waals surface area contributed by atoms with E-state index in [9.17, 15) is 9.59 Å². The van der Waals surface area contributed by atoms with E-state index in [4.69, 9.17) is 9.47 Å². The van der Waals surface area contributed by atoms with E-state index < -0.39 is 0 Å². The average molecular weight is 403 g/mol. The quantitative estimate of drug-likeness (QED) is 0.614. The molecule has 0 saturated heterocycles. The number of thioether (sulfide) groups is 1. The largest absolute Gasteiger partial charge is 0.497 e. The van der Waals surface area contributed by atoms with E-state index in [0.29, 0.717) is 24.6 Å². The van der Waals surface area contributed by atoms with Crippen LogP contribution in [0.15, 0.2) is 53.4 Å². The van der Waals surface area contributed by atoms with Gasteiger partial charge in [-0.3, -0.25) is 9.59 Å². The number of carbonyl (C=O) groups is 2. The average Bonchev–Trinajstić information content (AvgIpc) is 2.71. The van der Waals surface area contributed by atoms with Crippen LogP contribution in [-0.2, 0) is 9.59 Å². The fraction of sp³-hybridized carbons (Fsp3) is 0.333. The Labute approximate surface area is 170 Å². The summed E-state index contributed by atoms with van der Waals surface area (Å²) < 4.78 is 10.6. The summed E-state index contributed by atoms with van der Waals surface area (Å²) in [6.45, 7) is 4.89. The molecule has 2 rings (SSSR count). The van der Waals surface area contributed by atoms with Gasteiger partial charge in [-0.1, -0.05) is 6.07 Å². The van der Waals surface area contributed by atoms with Crippen LogP contribution in [0.25, 0.3) is 0 Å². The van der Waals surface area contributed by atoms with Crippen molar-refractivity contribution in [3.8, 4) is 11.5 Å². The second-order valence-corrected chi connectivity index (χ2v) is 6.93. The molecule has 0 bridgehead atoms. The van der Waals surface area contributed by atoms with Gasteiger partial charge in [0.05, 0.1) is 26.0 Å². The van der Waals surface area contributed by atoms with E-state index in [1.807, 2.05) is 38.1 Å². The Morgan fingerprint density at radius 1 is 1.07 bits per heavy atom. The molecule has 0 unspecified atom stereocenters. The highest BCUT2D eigenvalue weighted by Crippen LogP contribution is 2.22. The van der Waals surface area contributed by atoms with Gasteiger partial charge in [0.1, 0.15) is 11.5 Å². The van der Waals surface area contributed by atoms with Crippen LogP contribution in [0.1, 0.15) is 13.8 Å². The molecule has 0 atom stereocenters. The molecule has 0 fully saturated rings. The molecule has 28 heavy (non-hydrogen) atoms. The standard InChI is InChI=1S/C21H26N2O4S/c1-4-23(14-20(24)22-16-7-6-8-18(13-16)26-3)21(25)15-28-19-11-9-17(10-12-19)27-5-2/h6-13H,4-5,14-15H2,1-3H3,(H,22,24). The van der Waals surface area contributed by atoms with Crippen molar-refractivity contribution in [3.05, 3.63) is 48.5 Å². The van der Waals surface area contributed by atoms with E-state index >= 15 is 0 Å². The van der Waals surface area contributed by atoms with Crippen LogP contribution in [0.4, 0.5) is 5.69 Å². The Balaban J connectivity index is 1.85. The van der Waals surface area contributed by atoms with E-state index in [0.717, 1.165) is 10.6 Å². The third kappa shape index (κ3) is 6.81. The first kappa shape index (κ1) is 21.6. The molecule has 0 aliphatic carbocycles. The zero-order valence-corrected chi connectivity index (χ0v) is 17.3. The lowest BCUT2D eigenvalue weighted by atomic mass is 10.3. The Bertz CT molecular complexity index is 780. The van der Waals surface area contributed by atoms with Gasteiger partial charge >= 0.3 is 0 Å². The molecular weight excluding hydrogens is 376 g/mol. The van der Waals surface area contributed by atoms with Gasteiger partial charge in [0.15, 0.2) is 0 Å². The summed E-state index contributed by atoms with van der Waals surface area (Å²) in [6.07, 6.45) is 0. The molecule has 1 N–H and O–H groups in total. The zero-order chi connectivity index (χ0) is 20.4. The molecule has 2 aromatic carbocycles. The van der Waals surface area contributed by atoms with Crippen molar-refractivity contribution in [3.63, 3.8) is 0 Å². The van der Waals surface area contributed by atoms with E-state index in [-0.39, 0.29) is 24.1 Å². The topological polar surface area (TPSA) is 67.9 Å². The maximum atomic E-state index is 12.5. The number of rotatable bonds is 10. The van der Waals surface area contributed by atoms with Crippen molar-refractivity contribution in [2.75, 3.05) is 37.9 Å². The maximum absolute atomic E-state index is 12.5. The molecule has 2 amide bonds. The van der Waals surface area contributed by atoms with Crippen molar-refractivity contribution >= 4 is 29.3 Å². The Morgan fingerprint density at radius 2 is 1.82 bits per heavy atom. The summed E-state index contributed by atoms with van der Waals surface area (Å²) in [6, 6.07) is 14.7. The lowest BCUT2D eigenvalue weighted by molar-refractivity contribution is -0.132. The molecule has 0 aliphatic heterocycles. The van der Waals surface area contributed by atoms with Gasteiger partial charge in [0.25, 0.3) is 0 Å². The van der Waals surface area contributed by atoms with Crippen molar-refractivity contribution in [2.24, 2.45) is 0 Å². The fourth-order valence-electron chi connectivity index (χ4n) is 2.49. The van der Waals surface area contributed by atoms with Gasteiger partial charge in [0.2, 0.25) is 11.8 Å². The van der Waals surface area contributed by atoms with Gasteiger partial charge in [0, 0.05) is 23.2 Å². The lowest BCUT2D eigenvalue weighted by Gasteiger charge is -2.20. The molecule has 6 nitrogen and oxygen atoms in total. The van der Waals surface area contributed by atoms with Crippen molar-refractivity contribution in [1.82, 2.24) is 4.90 Å². The molecule has 7 heteroatoms. The summed E-state index contributed by atoms with van der Waals surface area (Å²) in [5, 5.41) is 2.79. The molecule has 150 valence electrons. The van der Waals surface area contributed by atoms with Gasteiger partial charge in [-0.05, 0) is 50.2 Å². The Morgan fingerprint density at radius 3 is 2.46 bits per heavy atom. The van der Waals surface area contributed by atoms with Crippen molar-refractivity contribution < 1.29 is 19.1 Å². The van der Waals surface area contributed by atoms with E-state index in [1.54, 1.807) is 31.4 Å². The van der Waals surface area contributed by atoms with Crippen LogP contribution in [0.3, 0.4) is 0 Å². The summed E-state index contributed by atoms with van der Waals surface area (Å²) in [5.41, 5.74) is 0.636. The predicted molar refractivity (Wildman–Crippen MR) is 112 cm³/mol. The molecule has 2 aromatic rings. The highest BCUT2D eigenvalue weighted by Gasteiger charge is 2.16. The monoisotopic (exact) mass is 402 g/mol. The first-order chi connectivity index (χ1) is 13.5. The Kier molecular flexibility index (Phi) is 8.68. The predicted octanol–water partition coefficient (Wildman–Crippen LogP) is 3.67. The molecule has 0 radical (unpaired) electrons. The zero-order valence-electron chi connectivity index (χ0n) is 16.4. The number of nitrogens with zero attached hydrogens (tertiary/aromatic N) is 1. The first-order valence-electron chi connectivity index (χ1n) is 9.13. The number of amides is 2. The van der Waals surface area contributed by atoms with Gasteiger partial charge < -0.3 is 19.7 Å². The van der Waals surface area contributed by atoms with Crippen LogP contribution in [0, 0.1) is 0 Å². The van der Waals surface area contributed by atoms with E-state index in [1.165, 1.54) is 16.7 Å². The molecule has 0 aliphatic rings. The fourth-order valence-corrected chi connectivity index (χ4v) is 3.29. The molecule has 0 heterocycles.